The Bertz CT molecular complexity index is 803. The predicted molar refractivity (Wildman–Crippen MR) is 104 cm³/mol. The van der Waals surface area contributed by atoms with Gasteiger partial charge in [0.1, 0.15) is 0 Å². The third kappa shape index (κ3) is 4.63. The first-order valence-corrected chi connectivity index (χ1v) is 8.44. The summed E-state index contributed by atoms with van der Waals surface area (Å²) in [5.74, 6) is 0.762. The summed E-state index contributed by atoms with van der Waals surface area (Å²) in [6, 6.07) is 13.2. The number of hydrogen-bond acceptors (Lipinski definition) is 4. The van der Waals surface area contributed by atoms with Crippen LogP contribution in [0, 0.1) is 0 Å². The Morgan fingerprint density at radius 1 is 0.923 bits per heavy atom. The van der Waals surface area contributed by atoms with Crippen LogP contribution in [0.3, 0.4) is 0 Å². The fourth-order valence-electron chi connectivity index (χ4n) is 2.45. The number of methoxy groups -OCH3 is 2. The third-order valence-electron chi connectivity index (χ3n) is 4.14. The van der Waals surface area contributed by atoms with Gasteiger partial charge in [-0.1, -0.05) is 45.0 Å². The maximum absolute atomic E-state index is 12.3. The van der Waals surface area contributed by atoms with Gasteiger partial charge in [0.25, 0.3) is 5.91 Å². The van der Waals surface area contributed by atoms with Crippen molar-refractivity contribution in [3.8, 4) is 11.5 Å². The topological polar surface area (TPSA) is 59.9 Å². The summed E-state index contributed by atoms with van der Waals surface area (Å²) < 4.78 is 10.4. The smallest absolute Gasteiger partial charge is 0.271 e. The van der Waals surface area contributed by atoms with Crippen molar-refractivity contribution in [3.05, 3.63) is 59.2 Å². The van der Waals surface area contributed by atoms with Gasteiger partial charge < -0.3 is 9.47 Å². The lowest BCUT2D eigenvalue weighted by molar-refractivity contribution is 0.0954. The Morgan fingerprint density at radius 2 is 1.50 bits per heavy atom. The van der Waals surface area contributed by atoms with Crippen molar-refractivity contribution in [1.82, 2.24) is 5.43 Å². The SMILES string of the molecule is COc1ccc(C(=O)N/N=C(/C)c2ccc(C(C)(C)C)cc2)cc1OC. The molecule has 5 heteroatoms. The van der Waals surface area contributed by atoms with Gasteiger partial charge in [0.15, 0.2) is 11.5 Å². The first-order valence-electron chi connectivity index (χ1n) is 8.44. The molecule has 1 N–H and O–H groups in total. The van der Waals surface area contributed by atoms with Gasteiger partial charge in [-0.3, -0.25) is 4.79 Å². The van der Waals surface area contributed by atoms with Gasteiger partial charge in [-0.05, 0) is 41.7 Å². The summed E-state index contributed by atoms with van der Waals surface area (Å²) in [5, 5.41) is 4.21. The van der Waals surface area contributed by atoms with Crippen LogP contribution in [0.15, 0.2) is 47.6 Å². The van der Waals surface area contributed by atoms with E-state index in [0.29, 0.717) is 17.1 Å². The van der Waals surface area contributed by atoms with Gasteiger partial charge in [0.05, 0.1) is 19.9 Å². The first kappa shape index (κ1) is 19.5. The number of hydrazone groups is 1. The van der Waals surface area contributed by atoms with E-state index < -0.39 is 0 Å². The van der Waals surface area contributed by atoms with E-state index in [1.54, 1.807) is 25.3 Å². The second kappa shape index (κ2) is 8.04. The second-order valence-electron chi connectivity index (χ2n) is 7.04. The fourth-order valence-corrected chi connectivity index (χ4v) is 2.45. The number of rotatable bonds is 5. The number of nitrogens with zero attached hydrogens (tertiary/aromatic N) is 1. The van der Waals surface area contributed by atoms with Gasteiger partial charge in [-0.15, -0.1) is 0 Å². The molecule has 2 aromatic rings. The molecular formula is C21H26N2O3. The molecule has 26 heavy (non-hydrogen) atoms. The van der Waals surface area contributed by atoms with E-state index in [-0.39, 0.29) is 11.3 Å². The minimum atomic E-state index is -0.309. The number of hydrogen-bond donors (Lipinski definition) is 1. The molecule has 1 amide bonds. The third-order valence-corrected chi connectivity index (χ3v) is 4.14. The van der Waals surface area contributed by atoms with E-state index in [4.69, 9.17) is 9.47 Å². The molecule has 138 valence electrons. The van der Waals surface area contributed by atoms with Crippen molar-refractivity contribution in [2.45, 2.75) is 33.1 Å². The van der Waals surface area contributed by atoms with E-state index in [0.717, 1.165) is 11.3 Å². The van der Waals surface area contributed by atoms with Crippen LogP contribution < -0.4 is 14.9 Å². The molecular weight excluding hydrogens is 328 g/mol. The molecule has 0 aliphatic rings. The Morgan fingerprint density at radius 3 is 2.04 bits per heavy atom. The van der Waals surface area contributed by atoms with Crippen LogP contribution in [0.25, 0.3) is 0 Å². The summed E-state index contributed by atoms with van der Waals surface area (Å²) in [4.78, 5) is 12.3. The summed E-state index contributed by atoms with van der Waals surface area (Å²) in [5.41, 5.74) is 6.08. The van der Waals surface area contributed by atoms with Gasteiger partial charge in [-0.25, -0.2) is 5.43 Å². The molecule has 5 nitrogen and oxygen atoms in total. The summed E-state index contributed by atoms with van der Waals surface area (Å²) in [6.45, 7) is 8.38. The van der Waals surface area contributed by atoms with E-state index in [1.807, 2.05) is 19.1 Å². The largest absolute Gasteiger partial charge is 0.493 e. The molecule has 0 spiro atoms. The molecule has 0 heterocycles. The fraction of sp³-hybridized carbons (Fsp3) is 0.333. The van der Waals surface area contributed by atoms with Crippen LogP contribution in [0.5, 0.6) is 11.5 Å². The number of amides is 1. The normalized spacial score (nSPS) is 11.8. The van der Waals surface area contributed by atoms with E-state index in [2.05, 4.69) is 43.4 Å². The zero-order chi connectivity index (χ0) is 19.3. The molecule has 0 aliphatic heterocycles. The predicted octanol–water partition coefficient (Wildman–Crippen LogP) is 4.16. The molecule has 0 aromatic heterocycles. The lowest BCUT2D eigenvalue weighted by atomic mass is 9.86. The average Bonchev–Trinajstić information content (AvgIpc) is 2.64. The Balaban J connectivity index is 2.12. The minimum Gasteiger partial charge on any atom is -0.493 e. The Hall–Kier alpha value is -2.82. The van der Waals surface area contributed by atoms with Crippen LogP contribution >= 0.6 is 0 Å². The van der Waals surface area contributed by atoms with Crippen molar-refractivity contribution in [1.29, 1.82) is 0 Å². The number of benzene rings is 2. The van der Waals surface area contributed by atoms with Crippen LogP contribution in [0.4, 0.5) is 0 Å². The summed E-state index contributed by atoms with van der Waals surface area (Å²) in [6.07, 6.45) is 0. The van der Waals surface area contributed by atoms with Crippen LogP contribution in [0.1, 0.15) is 49.2 Å². The monoisotopic (exact) mass is 354 g/mol. The van der Waals surface area contributed by atoms with Gasteiger partial charge in [-0.2, -0.15) is 5.10 Å². The number of carbonyl (C=O) groups is 1. The van der Waals surface area contributed by atoms with Gasteiger partial charge in [0, 0.05) is 5.56 Å². The molecule has 0 saturated carbocycles. The Labute approximate surface area is 155 Å². The van der Waals surface area contributed by atoms with Crippen LogP contribution in [-0.4, -0.2) is 25.8 Å². The summed E-state index contributed by atoms with van der Waals surface area (Å²) >= 11 is 0. The number of nitrogens with one attached hydrogen (secondary N) is 1. The van der Waals surface area contributed by atoms with Crippen molar-refractivity contribution >= 4 is 11.6 Å². The highest BCUT2D eigenvalue weighted by Gasteiger charge is 2.13. The van der Waals surface area contributed by atoms with Gasteiger partial charge in [0.2, 0.25) is 0 Å². The molecule has 2 rings (SSSR count). The quantitative estimate of drug-likeness (QED) is 0.648. The maximum Gasteiger partial charge on any atom is 0.271 e. The van der Waals surface area contributed by atoms with Crippen LogP contribution in [-0.2, 0) is 5.41 Å². The number of ether oxygens (including phenoxy) is 2. The minimum absolute atomic E-state index is 0.102. The van der Waals surface area contributed by atoms with E-state index in [1.165, 1.54) is 12.7 Å². The van der Waals surface area contributed by atoms with Crippen molar-refractivity contribution in [2.24, 2.45) is 5.10 Å². The molecule has 0 fully saturated rings. The molecule has 0 atom stereocenters. The molecule has 0 unspecified atom stereocenters. The molecule has 0 saturated heterocycles. The zero-order valence-electron chi connectivity index (χ0n) is 16.2. The van der Waals surface area contributed by atoms with E-state index in [9.17, 15) is 4.79 Å². The van der Waals surface area contributed by atoms with Crippen molar-refractivity contribution in [3.63, 3.8) is 0 Å². The summed E-state index contributed by atoms with van der Waals surface area (Å²) in [7, 11) is 3.08. The standard InChI is InChI=1S/C21H26N2O3/c1-14(15-7-10-17(11-8-15)21(2,3)4)22-23-20(24)16-9-12-18(25-5)19(13-16)26-6/h7-13H,1-6H3,(H,23,24)/b22-14-. The lowest BCUT2D eigenvalue weighted by Crippen LogP contribution is -2.19. The maximum atomic E-state index is 12.3. The van der Waals surface area contributed by atoms with Crippen LogP contribution in [0.2, 0.25) is 0 Å². The van der Waals surface area contributed by atoms with Crippen molar-refractivity contribution < 1.29 is 14.3 Å². The highest BCUT2D eigenvalue weighted by atomic mass is 16.5. The lowest BCUT2D eigenvalue weighted by Gasteiger charge is -2.19. The molecule has 0 bridgehead atoms. The Kier molecular flexibility index (Phi) is 6.03. The molecule has 0 radical (unpaired) electrons. The van der Waals surface area contributed by atoms with Gasteiger partial charge >= 0.3 is 0 Å². The van der Waals surface area contributed by atoms with E-state index >= 15 is 0 Å². The zero-order valence-corrected chi connectivity index (χ0v) is 16.2. The second-order valence-corrected chi connectivity index (χ2v) is 7.04. The number of carbonyl (C=O) groups excluding carboxylic acids is 1. The molecule has 0 aliphatic carbocycles. The highest BCUT2D eigenvalue weighted by molar-refractivity contribution is 6.01. The van der Waals surface area contributed by atoms with Crippen molar-refractivity contribution in [2.75, 3.05) is 14.2 Å². The molecule has 2 aromatic carbocycles. The average molecular weight is 354 g/mol. The highest BCUT2D eigenvalue weighted by Crippen LogP contribution is 2.27. The first-order chi connectivity index (χ1) is 12.3.